The molecule has 4 atom stereocenters. The van der Waals surface area contributed by atoms with Crippen molar-refractivity contribution >= 4 is 39.7 Å². The van der Waals surface area contributed by atoms with E-state index in [1.54, 1.807) is 19.4 Å². The van der Waals surface area contributed by atoms with Gasteiger partial charge in [0.15, 0.2) is 5.82 Å². The first-order chi connectivity index (χ1) is 23.3. The highest BCUT2D eigenvalue weighted by Gasteiger charge is 2.47. The number of piperidine rings is 1. The number of aliphatic hydroxyl groups is 1. The molecule has 5 aromatic rings. The Balaban J connectivity index is 1.10. The Kier molecular flexibility index (Phi) is 6.64. The normalized spacial score (nSPS) is 23.7. The van der Waals surface area contributed by atoms with E-state index in [-0.39, 0.29) is 23.9 Å². The van der Waals surface area contributed by atoms with Gasteiger partial charge in [0.2, 0.25) is 0 Å². The van der Waals surface area contributed by atoms with Crippen LogP contribution in [-0.2, 0) is 18.4 Å². The minimum Gasteiger partial charge on any atom is -0.494 e. The number of nitrogens with two attached hydrogens (primary N) is 1. The smallest absolute Gasteiger partial charge is 0.257 e. The van der Waals surface area contributed by atoms with Crippen molar-refractivity contribution in [1.29, 1.82) is 0 Å². The van der Waals surface area contributed by atoms with Crippen LogP contribution >= 0.6 is 0 Å². The number of benzene rings is 1. The van der Waals surface area contributed by atoms with Gasteiger partial charge in [0.25, 0.3) is 11.8 Å². The largest absolute Gasteiger partial charge is 0.494 e. The lowest BCUT2D eigenvalue weighted by Gasteiger charge is -2.27. The lowest BCUT2D eigenvalue weighted by Crippen LogP contribution is -2.41. The van der Waals surface area contributed by atoms with Crippen LogP contribution in [0.1, 0.15) is 42.5 Å². The number of hydrogen-bond donors (Lipinski definition) is 2. The first-order valence-corrected chi connectivity index (χ1v) is 16.9. The maximum atomic E-state index is 13.8. The first-order valence-electron chi connectivity index (χ1n) is 16.9. The van der Waals surface area contributed by atoms with Crippen molar-refractivity contribution in [3.05, 3.63) is 54.2 Å². The van der Waals surface area contributed by atoms with Crippen molar-refractivity contribution in [3.8, 4) is 28.5 Å². The number of anilines is 1. The Morgan fingerprint density at radius 2 is 1.92 bits per heavy atom. The van der Waals surface area contributed by atoms with Gasteiger partial charge in [-0.3, -0.25) is 14.5 Å². The summed E-state index contributed by atoms with van der Waals surface area (Å²) in [6, 6.07) is 13.8. The Hall–Kier alpha value is -4.81. The Bertz CT molecular complexity index is 2120. The van der Waals surface area contributed by atoms with Crippen molar-refractivity contribution in [2.45, 2.75) is 56.8 Å². The van der Waals surface area contributed by atoms with Gasteiger partial charge in [0, 0.05) is 67.9 Å². The van der Waals surface area contributed by atoms with E-state index in [4.69, 9.17) is 20.4 Å². The number of likely N-dealkylation sites (tertiary alicyclic amines) is 1. The van der Waals surface area contributed by atoms with Crippen LogP contribution in [0.25, 0.3) is 44.8 Å². The predicted octanol–water partition coefficient (Wildman–Crippen LogP) is 3.73. The third-order valence-corrected chi connectivity index (χ3v) is 10.9. The third-order valence-electron chi connectivity index (χ3n) is 10.9. The van der Waals surface area contributed by atoms with Crippen molar-refractivity contribution in [2.75, 3.05) is 25.1 Å². The highest BCUT2D eigenvalue weighted by Crippen LogP contribution is 2.40. The van der Waals surface area contributed by atoms with Crippen LogP contribution in [0.3, 0.4) is 0 Å². The molecule has 2 amide bonds. The summed E-state index contributed by atoms with van der Waals surface area (Å²) in [5.74, 6) is 2.53. The van der Waals surface area contributed by atoms with Gasteiger partial charge < -0.3 is 29.6 Å². The number of aliphatic hydroxyl groups excluding tert-OH is 1. The quantitative estimate of drug-likeness (QED) is 0.272. The van der Waals surface area contributed by atoms with Gasteiger partial charge >= 0.3 is 0 Å². The summed E-state index contributed by atoms with van der Waals surface area (Å²) in [5, 5.41) is 10.9. The predicted molar refractivity (Wildman–Crippen MR) is 180 cm³/mol. The van der Waals surface area contributed by atoms with E-state index in [2.05, 4.69) is 21.7 Å². The summed E-state index contributed by atoms with van der Waals surface area (Å²) in [7, 11) is 3.62. The zero-order chi connectivity index (χ0) is 32.8. The molecule has 4 aromatic heterocycles. The van der Waals surface area contributed by atoms with Crippen LogP contribution in [-0.4, -0.2) is 84.3 Å². The van der Waals surface area contributed by atoms with Gasteiger partial charge in [0.05, 0.1) is 24.0 Å². The maximum absolute atomic E-state index is 13.8. The number of imidazole rings is 1. The molecule has 2 saturated carbocycles. The van der Waals surface area contributed by atoms with Crippen LogP contribution in [0, 0.1) is 11.8 Å². The molecule has 2 aliphatic heterocycles. The molecule has 3 N–H and O–H groups in total. The maximum Gasteiger partial charge on any atom is 0.257 e. The van der Waals surface area contributed by atoms with Crippen molar-refractivity contribution < 1.29 is 19.4 Å². The summed E-state index contributed by atoms with van der Waals surface area (Å²) < 4.78 is 10.2. The molecule has 48 heavy (non-hydrogen) atoms. The van der Waals surface area contributed by atoms with Crippen molar-refractivity contribution in [3.63, 3.8) is 0 Å². The second kappa shape index (κ2) is 10.9. The first kappa shape index (κ1) is 29.3. The average molecular weight is 647 g/mol. The van der Waals surface area contributed by atoms with E-state index >= 15 is 0 Å². The Morgan fingerprint density at radius 1 is 1.06 bits per heavy atom. The third kappa shape index (κ3) is 4.53. The summed E-state index contributed by atoms with van der Waals surface area (Å²) >= 11 is 0. The highest BCUT2D eigenvalue weighted by atomic mass is 16.5. The number of carbonyl (C=O) groups excluding carboxylic acids is 2. The molecule has 1 aromatic carbocycles. The molecule has 2 aliphatic carbocycles. The number of carbonyl (C=O) groups is 2. The zero-order valence-electron chi connectivity index (χ0n) is 27.0. The molecular weight excluding hydrogens is 608 g/mol. The molecule has 12 nitrogen and oxygen atoms in total. The molecule has 4 fully saturated rings. The van der Waals surface area contributed by atoms with Crippen molar-refractivity contribution in [2.24, 2.45) is 24.6 Å². The standard InChI is InChI=1S/C36H38N8O4/c1-41-32-25(13-23(15-29(32)48-2)35(46)44-18-22-6-9-26(44)31(22)37)40-34(41)27-14-20-5-8-24(39-33(20)43(27)17-19-3-4-19)21-7-10-30(38-16-21)42-12-11-28(45)36(42)47/h5,7-8,10,13-16,19,22,26,28,31,45H,3-4,6,9,11-12,17-18,37H2,1-2H3/t22?,26?,28?,31-/m1/s1. The Labute approximate surface area is 277 Å². The van der Waals surface area contributed by atoms with E-state index < -0.39 is 6.10 Å². The summed E-state index contributed by atoms with van der Waals surface area (Å²) in [6.45, 7) is 1.98. The number of aryl methyl sites for hydroxylation is 1. The molecule has 9 rings (SSSR count). The SMILES string of the molecule is COc1cc(C(=O)N2CC3CCC2[C@@H]3N)cc2nc(-c3cc4ccc(-c5ccc(N6CCC(O)C6=O)nc5)nc4n3CC3CC3)n(C)c12. The highest BCUT2D eigenvalue weighted by molar-refractivity contribution is 6.01. The van der Waals surface area contributed by atoms with Gasteiger partial charge in [-0.1, -0.05) is 0 Å². The number of aromatic nitrogens is 5. The van der Waals surface area contributed by atoms with Gasteiger partial charge in [-0.2, -0.15) is 0 Å². The van der Waals surface area contributed by atoms with Gasteiger partial charge in [-0.05, 0) is 80.0 Å². The van der Waals surface area contributed by atoms with Gasteiger partial charge in [-0.25, -0.2) is 15.0 Å². The average Bonchev–Trinajstić information content (AvgIpc) is 3.28. The number of ether oxygens (including phenoxy) is 1. The number of amides is 2. The molecule has 4 aliphatic rings. The van der Waals surface area contributed by atoms with Crippen molar-refractivity contribution in [1.82, 2.24) is 29.0 Å². The van der Waals surface area contributed by atoms with Crippen LogP contribution in [0.4, 0.5) is 5.82 Å². The molecule has 2 saturated heterocycles. The van der Waals surface area contributed by atoms with Crippen LogP contribution in [0.2, 0.25) is 0 Å². The molecule has 0 spiro atoms. The fourth-order valence-corrected chi connectivity index (χ4v) is 8.07. The summed E-state index contributed by atoms with van der Waals surface area (Å²) in [5.41, 5.74) is 12.0. The van der Waals surface area contributed by atoms with E-state index in [9.17, 15) is 14.7 Å². The fraction of sp³-hybridized carbons (Fsp3) is 0.417. The van der Waals surface area contributed by atoms with E-state index in [1.165, 1.54) is 17.7 Å². The topological polar surface area (TPSA) is 145 Å². The number of hydrogen-bond acceptors (Lipinski definition) is 8. The molecule has 0 radical (unpaired) electrons. The number of fused-ring (bicyclic) bond motifs is 4. The second-order valence-corrected chi connectivity index (χ2v) is 13.9. The van der Waals surface area contributed by atoms with Gasteiger partial charge in [-0.15, -0.1) is 0 Å². The van der Waals surface area contributed by atoms with E-state index in [0.717, 1.165) is 58.7 Å². The molecule has 246 valence electrons. The number of pyridine rings is 2. The minimum absolute atomic E-state index is 0.0169. The molecule has 3 unspecified atom stereocenters. The molecule has 12 heteroatoms. The minimum atomic E-state index is -0.963. The van der Waals surface area contributed by atoms with Crippen LogP contribution in [0.15, 0.2) is 48.7 Å². The summed E-state index contributed by atoms with van der Waals surface area (Å²) in [4.78, 5) is 44.3. The van der Waals surface area contributed by atoms with Crippen LogP contribution in [0.5, 0.6) is 5.75 Å². The zero-order valence-corrected chi connectivity index (χ0v) is 27.0. The second-order valence-electron chi connectivity index (χ2n) is 13.9. The lowest BCUT2D eigenvalue weighted by atomic mass is 10.1. The van der Waals surface area contributed by atoms with E-state index in [1.807, 2.05) is 40.8 Å². The van der Waals surface area contributed by atoms with Gasteiger partial charge in [0.1, 0.15) is 28.8 Å². The molecular formula is C36H38N8O4. The molecule has 6 heterocycles. The lowest BCUT2D eigenvalue weighted by molar-refractivity contribution is -0.124. The van der Waals surface area contributed by atoms with E-state index in [0.29, 0.717) is 54.0 Å². The Morgan fingerprint density at radius 3 is 2.58 bits per heavy atom. The van der Waals surface area contributed by atoms with Crippen LogP contribution < -0.4 is 15.4 Å². The summed E-state index contributed by atoms with van der Waals surface area (Å²) in [6.07, 6.45) is 5.58. The number of nitrogens with zero attached hydrogens (tertiary/aromatic N) is 7. The molecule has 2 bridgehead atoms. The monoisotopic (exact) mass is 646 g/mol. The number of methoxy groups -OCH3 is 1. The number of rotatable bonds is 7. The fourth-order valence-electron chi connectivity index (χ4n) is 8.07.